The van der Waals surface area contributed by atoms with Gasteiger partial charge in [-0.3, -0.25) is 4.98 Å². The Labute approximate surface area is 123 Å². The van der Waals surface area contributed by atoms with Crippen LogP contribution < -0.4 is 5.73 Å². The molecule has 0 aliphatic heterocycles. The highest BCUT2D eigenvalue weighted by Crippen LogP contribution is 2.42. The quantitative estimate of drug-likeness (QED) is 0.746. The van der Waals surface area contributed by atoms with Crippen LogP contribution in [-0.4, -0.2) is 14.5 Å². The highest BCUT2D eigenvalue weighted by Gasteiger charge is 2.31. The Kier molecular flexibility index (Phi) is 2.70. The van der Waals surface area contributed by atoms with Crippen LogP contribution in [0.3, 0.4) is 0 Å². The van der Waals surface area contributed by atoms with E-state index in [1.807, 2.05) is 30.6 Å². The van der Waals surface area contributed by atoms with Crippen LogP contribution in [0.15, 0.2) is 42.7 Å². The van der Waals surface area contributed by atoms with Crippen LogP contribution >= 0.6 is 0 Å². The molecule has 106 valence electrons. The lowest BCUT2D eigenvalue weighted by atomic mass is 10.1. The number of rotatable bonds is 3. The monoisotopic (exact) mass is 278 g/mol. The Morgan fingerprint density at radius 3 is 2.86 bits per heavy atom. The summed E-state index contributed by atoms with van der Waals surface area (Å²) in [5, 5.41) is 0. The van der Waals surface area contributed by atoms with E-state index in [4.69, 9.17) is 10.7 Å². The molecule has 1 aromatic carbocycles. The third kappa shape index (κ3) is 2.07. The summed E-state index contributed by atoms with van der Waals surface area (Å²) in [7, 11) is 0. The fourth-order valence-electron chi connectivity index (χ4n) is 2.94. The zero-order valence-electron chi connectivity index (χ0n) is 12.0. The van der Waals surface area contributed by atoms with Crippen molar-refractivity contribution in [1.82, 2.24) is 14.5 Å². The van der Waals surface area contributed by atoms with Gasteiger partial charge >= 0.3 is 0 Å². The van der Waals surface area contributed by atoms with Crippen molar-refractivity contribution in [3.05, 3.63) is 54.1 Å². The van der Waals surface area contributed by atoms with Gasteiger partial charge in [-0.1, -0.05) is 6.07 Å². The molecule has 1 unspecified atom stereocenters. The minimum atomic E-state index is 0.225. The van der Waals surface area contributed by atoms with Crippen molar-refractivity contribution in [2.75, 3.05) is 5.73 Å². The number of hydrogen-bond acceptors (Lipinski definition) is 3. The average Bonchev–Trinajstić information content (AvgIpc) is 3.28. The molecule has 0 radical (unpaired) electrons. The van der Waals surface area contributed by atoms with Crippen LogP contribution in [-0.2, 0) is 0 Å². The molecular weight excluding hydrogens is 260 g/mol. The third-order valence-corrected chi connectivity index (χ3v) is 4.24. The van der Waals surface area contributed by atoms with Gasteiger partial charge in [0.1, 0.15) is 5.82 Å². The molecule has 1 aliphatic carbocycles. The van der Waals surface area contributed by atoms with Gasteiger partial charge in [0.05, 0.1) is 17.1 Å². The van der Waals surface area contributed by atoms with E-state index in [9.17, 15) is 0 Å². The third-order valence-electron chi connectivity index (χ3n) is 4.24. The molecule has 1 aliphatic rings. The summed E-state index contributed by atoms with van der Waals surface area (Å²) in [6.45, 7) is 2.21. The predicted molar refractivity (Wildman–Crippen MR) is 84.2 cm³/mol. The lowest BCUT2D eigenvalue weighted by molar-refractivity contribution is 0.618. The summed E-state index contributed by atoms with van der Waals surface area (Å²) in [5.74, 6) is 1.78. The first kappa shape index (κ1) is 12.4. The SMILES string of the molecule is CC(c1cccnc1)n1c(C2CC2)nc2cc(N)ccc21. The Hall–Kier alpha value is -2.36. The van der Waals surface area contributed by atoms with Crippen LogP contribution in [0, 0.1) is 0 Å². The van der Waals surface area contributed by atoms with E-state index in [1.54, 1.807) is 0 Å². The first-order valence-electron chi connectivity index (χ1n) is 7.41. The fourth-order valence-corrected chi connectivity index (χ4v) is 2.94. The number of benzene rings is 1. The molecule has 0 saturated heterocycles. The van der Waals surface area contributed by atoms with Crippen molar-refractivity contribution in [3.63, 3.8) is 0 Å². The molecule has 0 spiro atoms. The molecule has 21 heavy (non-hydrogen) atoms. The molecule has 0 amide bonds. The summed E-state index contributed by atoms with van der Waals surface area (Å²) in [6.07, 6.45) is 6.21. The molecule has 1 atom stereocenters. The first-order chi connectivity index (χ1) is 10.2. The van der Waals surface area contributed by atoms with E-state index < -0.39 is 0 Å². The molecule has 0 bridgehead atoms. The zero-order chi connectivity index (χ0) is 14.4. The standard InChI is InChI=1S/C17H18N4/c1-11(13-3-2-8-19-10-13)21-16-7-6-14(18)9-15(16)20-17(21)12-4-5-12/h2-3,6-12H,4-5,18H2,1H3. The maximum absolute atomic E-state index is 5.90. The van der Waals surface area contributed by atoms with Crippen LogP contribution in [0.1, 0.15) is 43.1 Å². The summed E-state index contributed by atoms with van der Waals surface area (Å²) in [6, 6.07) is 10.3. The highest BCUT2D eigenvalue weighted by atomic mass is 15.1. The minimum Gasteiger partial charge on any atom is -0.399 e. The number of aromatic nitrogens is 3. The summed E-state index contributed by atoms with van der Waals surface area (Å²) < 4.78 is 2.35. The Morgan fingerprint density at radius 1 is 1.29 bits per heavy atom. The number of nitrogens with two attached hydrogens (primary N) is 1. The maximum Gasteiger partial charge on any atom is 0.113 e. The van der Waals surface area contributed by atoms with Gasteiger partial charge < -0.3 is 10.3 Å². The van der Waals surface area contributed by atoms with E-state index in [0.29, 0.717) is 5.92 Å². The lowest BCUT2D eigenvalue weighted by Crippen LogP contribution is -2.10. The predicted octanol–water partition coefficient (Wildman–Crippen LogP) is 3.50. The number of imidazole rings is 1. The molecule has 2 N–H and O–H groups in total. The number of anilines is 1. The molecule has 4 rings (SSSR count). The van der Waals surface area contributed by atoms with Gasteiger partial charge in [0.25, 0.3) is 0 Å². The van der Waals surface area contributed by atoms with Gasteiger partial charge in [0, 0.05) is 24.0 Å². The summed E-state index contributed by atoms with van der Waals surface area (Å²) in [5.41, 5.74) is 10.0. The van der Waals surface area contributed by atoms with Crippen LogP contribution in [0.4, 0.5) is 5.69 Å². The van der Waals surface area contributed by atoms with E-state index in [-0.39, 0.29) is 6.04 Å². The average molecular weight is 278 g/mol. The molecule has 3 aromatic rings. The largest absolute Gasteiger partial charge is 0.399 e. The van der Waals surface area contributed by atoms with Gasteiger partial charge in [-0.05, 0) is 49.6 Å². The Bertz CT molecular complexity index is 787. The smallest absolute Gasteiger partial charge is 0.113 e. The fraction of sp³-hybridized carbons (Fsp3) is 0.294. The van der Waals surface area contributed by atoms with Crippen LogP contribution in [0.2, 0.25) is 0 Å². The van der Waals surface area contributed by atoms with Crippen molar-refractivity contribution < 1.29 is 0 Å². The van der Waals surface area contributed by atoms with Gasteiger partial charge in [-0.2, -0.15) is 0 Å². The van der Waals surface area contributed by atoms with E-state index >= 15 is 0 Å². The van der Waals surface area contributed by atoms with E-state index in [1.165, 1.54) is 24.2 Å². The van der Waals surface area contributed by atoms with Crippen molar-refractivity contribution >= 4 is 16.7 Å². The Morgan fingerprint density at radius 2 is 2.14 bits per heavy atom. The van der Waals surface area contributed by atoms with Crippen LogP contribution in [0.5, 0.6) is 0 Å². The Balaban J connectivity index is 1.91. The minimum absolute atomic E-state index is 0.225. The molecule has 1 saturated carbocycles. The van der Waals surface area contributed by atoms with Crippen molar-refractivity contribution in [3.8, 4) is 0 Å². The van der Waals surface area contributed by atoms with Gasteiger partial charge in [0.15, 0.2) is 0 Å². The summed E-state index contributed by atoms with van der Waals surface area (Å²) >= 11 is 0. The van der Waals surface area contributed by atoms with Crippen LogP contribution in [0.25, 0.3) is 11.0 Å². The van der Waals surface area contributed by atoms with E-state index in [2.05, 4.69) is 28.6 Å². The maximum atomic E-state index is 5.90. The second-order valence-corrected chi connectivity index (χ2v) is 5.82. The normalized spacial score (nSPS) is 16.2. The molecular formula is C17H18N4. The molecule has 2 aromatic heterocycles. The van der Waals surface area contributed by atoms with Gasteiger partial charge in [0.2, 0.25) is 0 Å². The molecule has 2 heterocycles. The second-order valence-electron chi connectivity index (χ2n) is 5.82. The number of pyridine rings is 1. The molecule has 4 nitrogen and oxygen atoms in total. The zero-order valence-corrected chi connectivity index (χ0v) is 12.0. The van der Waals surface area contributed by atoms with Crippen molar-refractivity contribution in [2.45, 2.75) is 31.7 Å². The second kappa shape index (κ2) is 4.58. The number of nitrogen functional groups attached to an aromatic ring is 1. The van der Waals surface area contributed by atoms with Crippen molar-refractivity contribution in [2.24, 2.45) is 0 Å². The van der Waals surface area contributed by atoms with Gasteiger partial charge in [-0.15, -0.1) is 0 Å². The number of nitrogens with zero attached hydrogens (tertiary/aromatic N) is 3. The van der Waals surface area contributed by atoms with Gasteiger partial charge in [-0.25, -0.2) is 4.98 Å². The highest BCUT2D eigenvalue weighted by molar-refractivity contribution is 5.80. The van der Waals surface area contributed by atoms with E-state index in [0.717, 1.165) is 16.7 Å². The lowest BCUT2D eigenvalue weighted by Gasteiger charge is -2.17. The first-order valence-corrected chi connectivity index (χ1v) is 7.41. The topological polar surface area (TPSA) is 56.7 Å². The summed E-state index contributed by atoms with van der Waals surface area (Å²) in [4.78, 5) is 9.09. The molecule has 1 fully saturated rings. The molecule has 4 heteroatoms. The number of hydrogen-bond donors (Lipinski definition) is 1. The van der Waals surface area contributed by atoms with Crippen molar-refractivity contribution in [1.29, 1.82) is 0 Å². The number of fused-ring (bicyclic) bond motifs is 1.